The van der Waals surface area contributed by atoms with E-state index in [1.807, 2.05) is 36.9 Å². The summed E-state index contributed by atoms with van der Waals surface area (Å²) >= 11 is 0. The van der Waals surface area contributed by atoms with Gasteiger partial charge in [0.05, 0.1) is 11.4 Å². The Morgan fingerprint density at radius 2 is 2.05 bits per heavy atom. The van der Waals surface area contributed by atoms with Crippen LogP contribution < -0.4 is 10.5 Å². The maximum Gasteiger partial charge on any atom is 0.145 e. The highest BCUT2D eigenvalue weighted by atomic mass is 16.5. The van der Waals surface area contributed by atoms with E-state index >= 15 is 0 Å². The van der Waals surface area contributed by atoms with Crippen LogP contribution in [0.5, 0.6) is 5.75 Å². The molecule has 2 N–H and O–H groups in total. The number of aromatic nitrogens is 2. The predicted molar refractivity (Wildman–Crippen MR) is 77.3 cm³/mol. The monoisotopic (exact) mass is 259 g/mol. The fraction of sp³-hybridized carbons (Fsp3) is 0.400. The summed E-state index contributed by atoms with van der Waals surface area (Å²) in [6.07, 6.45) is 1.97. The number of nitrogens with two attached hydrogens (primary N) is 1. The molecule has 4 nitrogen and oxygen atoms in total. The zero-order valence-corrected chi connectivity index (χ0v) is 12.0. The van der Waals surface area contributed by atoms with Gasteiger partial charge in [-0.05, 0) is 51.0 Å². The molecule has 0 aliphatic heterocycles. The number of hydrogen-bond acceptors (Lipinski definition) is 3. The highest BCUT2D eigenvalue weighted by Gasteiger charge is 2.08. The zero-order valence-electron chi connectivity index (χ0n) is 12.0. The van der Waals surface area contributed by atoms with Gasteiger partial charge >= 0.3 is 0 Å². The molecule has 4 heteroatoms. The Bertz CT molecular complexity index is 550. The molecule has 0 fully saturated rings. The van der Waals surface area contributed by atoms with Gasteiger partial charge in [0.25, 0.3) is 0 Å². The molecule has 102 valence electrons. The normalized spacial score (nSPS) is 11.0. The van der Waals surface area contributed by atoms with Crippen LogP contribution in [0, 0.1) is 13.8 Å². The second-order valence-electron chi connectivity index (χ2n) is 5.17. The fourth-order valence-corrected chi connectivity index (χ4v) is 2.07. The third-order valence-corrected chi connectivity index (χ3v) is 3.00. The van der Waals surface area contributed by atoms with Crippen LogP contribution in [0.3, 0.4) is 0 Å². The van der Waals surface area contributed by atoms with E-state index in [0.717, 1.165) is 22.6 Å². The van der Waals surface area contributed by atoms with Crippen molar-refractivity contribution in [3.8, 4) is 5.75 Å². The first-order valence-electron chi connectivity index (χ1n) is 6.51. The molecule has 0 aliphatic rings. The number of rotatable bonds is 4. The van der Waals surface area contributed by atoms with Crippen LogP contribution in [0.25, 0.3) is 0 Å². The maximum absolute atomic E-state index is 5.99. The van der Waals surface area contributed by atoms with Gasteiger partial charge in [-0.15, -0.1) is 0 Å². The highest BCUT2D eigenvalue weighted by molar-refractivity contribution is 5.58. The van der Waals surface area contributed by atoms with Gasteiger partial charge in [0.2, 0.25) is 0 Å². The standard InChI is InChI=1S/C15H21N3O/c1-10(2)18-6-5-13(17-18)9-19-15-12(4)7-11(3)8-14(15)16/h5-8,10H,9,16H2,1-4H3. The molecule has 0 bridgehead atoms. The molecule has 0 aliphatic carbocycles. The third kappa shape index (κ3) is 3.08. The van der Waals surface area contributed by atoms with Gasteiger partial charge < -0.3 is 10.5 Å². The lowest BCUT2D eigenvalue weighted by Crippen LogP contribution is -2.05. The number of hydrogen-bond donors (Lipinski definition) is 1. The van der Waals surface area contributed by atoms with E-state index in [0.29, 0.717) is 18.3 Å². The van der Waals surface area contributed by atoms with E-state index in [9.17, 15) is 0 Å². The van der Waals surface area contributed by atoms with Gasteiger partial charge in [0, 0.05) is 12.2 Å². The molecule has 1 heterocycles. The van der Waals surface area contributed by atoms with Crippen LogP contribution in [0.1, 0.15) is 36.7 Å². The van der Waals surface area contributed by atoms with Gasteiger partial charge in [-0.25, -0.2) is 0 Å². The summed E-state index contributed by atoms with van der Waals surface area (Å²) in [5.74, 6) is 0.754. The van der Waals surface area contributed by atoms with Crippen molar-refractivity contribution in [2.24, 2.45) is 0 Å². The summed E-state index contributed by atoms with van der Waals surface area (Å²) in [6, 6.07) is 6.33. The summed E-state index contributed by atoms with van der Waals surface area (Å²) in [7, 11) is 0. The number of aryl methyl sites for hydroxylation is 2. The van der Waals surface area contributed by atoms with Crippen LogP contribution in [-0.2, 0) is 6.61 Å². The smallest absolute Gasteiger partial charge is 0.145 e. The average Bonchev–Trinajstić information content (AvgIpc) is 2.76. The molecule has 1 aromatic carbocycles. The van der Waals surface area contributed by atoms with Crippen molar-refractivity contribution in [2.75, 3.05) is 5.73 Å². The number of nitrogen functional groups attached to an aromatic ring is 1. The Kier molecular flexibility index (Phi) is 3.79. The highest BCUT2D eigenvalue weighted by Crippen LogP contribution is 2.28. The molecule has 0 saturated carbocycles. The first-order chi connectivity index (χ1) is 8.97. The number of nitrogens with zero attached hydrogens (tertiary/aromatic N) is 2. The average molecular weight is 259 g/mol. The quantitative estimate of drug-likeness (QED) is 0.857. The summed E-state index contributed by atoms with van der Waals surface area (Å²) in [4.78, 5) is 0. The minimum Gasteiger partial charge on any atom is -0.485 e. The molecular formula is C15H21N3O. The van der Waals surface area contributed by atoms with Crippen molar-refractivity contribution in [1.82, 2.24) is 9.78 Å². The minimum absolute atomic E-state index is 0.361. The molecule has 19 heavy (non-hydrogen) atoms. The molecule has 2 aromatic rings. The Balaban J connectivity index is 2.10. The molecule has 0 radical (unpaired) electrons. The Labute approximate surface area is 114 Å². The molecule has 1 aromatic heterocycles. The summed E-state index contributed by atoms with van der Waals surface area (Å²) in [5, 5.41) is 4.45. The van der Waals surface area contributed by atoms with Crippen molar-refractivity contribution < 1.29 is 4.74 Å². The second-order valence-corrected chi connectivity index (χ2v) is 5.17. The predicted octanol–water partition coefficient (Wildman–Crippen LogP) is 3.24. The first-order valence-corrected chi connectivity index (χ1v) is 6.51. The maximum atomic E-state index is 5.99. The molecule has 0 saturated heterocycles. The van der Waals surface area contributed by atoms with Crippen molar-refractivity contribution in [3.63, 3.8) is 0 Å². The van der Waals surface area contributed by atoms with E-state index in [1.165, 1.54) is 0 Å². The SMILES string of the molecule is Cc1cc(C)c(OCc2ccn(C(C)C)n2)c(N)c1. The number of anilines is 1. The largest absolute Gasteiger partial charge is 0.485 e. The minimum atomic E-state index is 0.361. The number of ether oxygens (including phenoxy) is 1. The van der Waals surface area contributed by atoms with Crippen LogP contribution >= 0.6 is 0 Å². The molecule has 0 atom stereocenters. The van der Waals surface area contributed by atoms with Crippen LogP contribution in [-0.4, -0.2) is 9.78 Å². The van der Waals surface area contributed by atoms with E-state index in [4.69, 9.17) is 10.5 Å². The van der Waals surface area contributed by atoms with Crippen molar-refractivity contribution in [1.29, 1.82) is 0 Å². The zero-order chi connectivity index (χ0) is 14.0. The van der Waals surface area contributed by atoms with Gasteiger partial charge in [-0.3, -0.25) is 4.68 Å². The topological polar surface area (TPSA) is 53.1 Å². The molecule has 0 unspecified atom stereocenters. The van der Waals surface area contributed by atoms with Crippen LogP contribution in [0.2, 0.25) is 0 Å². The van der Waals surface area contributed by atoms with Crippen molar-refractivity contribution in [3.05, 3.63) is 41.2 Å². The second kappa shape index (κ2) is 5.34. The van der Waals surface area contributed by atoms with E-state index < -0.39 is 0 Å². The molecular weight excluding hydrogens is 238 g/mol. The van der Waals surface area contributed by atoms with Gasteiger partial charge in [0.15, 0.2) is 0 Å². The summed E-state index contributed by atoms with van der Waals surface area (Å²) in [5.41, 5.74) is 9.78. The molecule has 0 spiro atoms. The van der Waals surface area contributed by atoms with Crippen molar-refractivity contribution >= 4 is 5.69 Å². The Morgan fingerprint density at radius 3 is 2.63 bits per heavy atom. The summed E-state index contributed by atoms with van der Waals surface area (Å²) in [6.45, 7) is 8.66. The van der Waals surface area contributed by atoms with Gasteiger partial charge in [-0.1, -0.05) is 6.07 Å². The molecule has 2 rings (SSSR count). The first kappa shape index (κ1) is 13.5. The van der Waals surface area contributed by atoms with Gasteiger partial charge in [-0.2, -0.15) is 5.10 Å². The lowest BCUT2D eigenvalue weighted by atomic mass is 10.1. The lowest BCUT2D eigenvalue weighted by molar-refractivity contribution is 0.298. The Morgan fingerprint density at radius 1 is 1.32 bits per heavy atom. The fourth-order valence-electron chi connectivity index (χ4n) is 2.07. The van der Waals surface area contributed by atoms with Crippen LogP contribution in [0.4, 0.5) is 5.69 Å². The third-order valence-electron chi connectivity index (χ3n) is 3.00. The summed E-state index contributed by atoms with van der Waals surface area (Å²) < 4.78 is 7.72. The van der Waals surface area contributed by atoms with Crippen molar-refractivity contribution in [2.45, 2.75) is 40.3 Å². The van der Waals surface area contributed by atoms with Crippen LogP contribution in [0.15, 0.2) is 24.4 Å². The van der Waals surface area contributed by atoms with E-state index in [2.05, 4.69) is 25.0 Å². The van der Waals surface area contributed by atoms with Gasteiger partial charge in [0.1, 0.15) is 12.4 Å². The lowest BCUT2D eigenvalue weighted by Gasteiger charge is -2.12. The van der Waals surface area contributed by atoms with E-state index in [1.54, 1.807) is 0 Å². The van der Waals surface area contributed by atoms with E-state index in [-0.39, 0.29) is 0 Å². The Hall–Kier alpha value is -1.97. The molecule has 0 amide bonds. The number of benzene rings is 1.